The minimum absolute atomic E-state index is 0.0444. The average Bonchev–Trinajstić information content (AvgIpc) is 3.50. The van der Waals surface area contributed by atoms with Crippen molar-refractivity contribution in [2.24, 2.45) is 0 Å². The first-order chi connectivity index (χ1) is 18.1. The Morgan fingerprint density at radius 3 is 2.55 bits per heavy atom. The van der Waals surface area contributed by atoms with Crippen molar-refractivity contribution in [3.8, 4) is 11.3 Å². The van der Waals surface area contributed by atoms with E-state index in [1.807, 2.05) is 44.3 Å². The molecule has 0 spiro atoms. The quantitative estimate of drug-likeness (QED) is 0.398. The Balaban J connectivity index is 1.38. The number of imidazole rings is 1. The van der Waals surface area contributed by atoms with Gasteiger partial charge >= 0.3 is 0 Å². The van der Waals surface area contributed by atoms with Gasteiger partial charge < -0.3 is 19.7 Å². The summed E-state index contributed by atoms with van der Waals surface area (Å²) in [4.78, 5) is 33.8. The molecule has 3 aromatic heterocycles. The molecule has 1 aromatic carbocycles. The predicted molar refractivity (Wildman–Crippen MR) is 141 cm³/mol. The van der Waals surface area contributed by atoms with Crippen LogP contribution in [0.5, 0.6) is 0 Å². The maximum Gasteiger partial charge on any atom is 0.255 e. The van der Waals surface area contributed by atoms with E-state index in [0.29, 0.717) is 41.9 Å². The van der Waals surface area contributed by atoms with Gasteiger partial charge in [-0.2, -0.15) is 0 Å². The number of halogens is 2. The van der Waals surface area contributed by atoms with Crippen molar-refractivity contribution < 1.29 is 13.6 Å². The van der Waals surface area contributed by atoms with E-state index >= 15 is 0 Å². The highest BCUT2D eigenvalue weighted by Gasteiger charge is 2.28. The first-order valence-electron chi connectivity index (χ1n) is 12.5. The highest BCUT2D eigenvalue weighted by atomic mass is 19.1. The van der Waals surface area contributed by atoms with Crippen LogP contribution in [-0.4, -0.2) is 73.4 Å². The summed E-state index contributed by atoms with van der Waals surface area (Å²) in [6.45, 7) is 7.15. The molecular formula is C27H30F2N8O. The van der Waals surface area contributed by atoms with Gasteiger partial charge in [0, 0.05) is 36.9 Å². The zero-order valence-corrected chi connectivity index (χ0v) is 22.0. The number of pyridine rings is 1. The fraction of sp³-hybridized carbons (Fsp3) is 0.370. The summed E-state index contributed by atoms with van der Waals surface area (Å²) in [7, 11) is 4.03. The second-order valence-corrected chi connectivity index (χ2v) is 10.1. The van der Waals surface area contributed by atoms with Crippen LogP contribution < -0.4 is 5.32 Å². The maximum atomic E-state index is 14.9. The minimum atomic E-state index is -0.683. The summed E-state index contributed by atoms with van der Waals surface area (Å²) in [5, 5.41) is 2.94. The summed E-state index contributed by atoms with van der Waals surface area (Å²) in [6, 6.07) is 6.64. The van der Waals surface area contributed by atoms with Gasteiger partial charge in [-0.25, -0.2) is 28.7 Å². The second-order valence-electron chi connectivity index (χ2n) is 10.1. The smallest absolute Gasteiger partial charge is 0.255 e. The maximum absolute atomic E-state index is 14.9. The van der Waals surface area contributed by atoms with Gasteiger partial charge in [-0.1, -0.05) is 0 Å². The number of likely N-dealkylation sites (tertiary alicyclic amines) is 1. The van der Waals surface area contributed by atoms with Crippen molar-refractivity contribution in [2.75, 3.05) is 32.5 Å². The molecule has 11 heteroatoms. The van der Waals surface area contributed by atoms with Crippen molar-refractivity contribution >= 4 is 28.7 Å². The van der Waals surface area contributed by atoms with E-state index in [1.165, 1.54) is 12.3 Å². The van der Waals surface area contributed by atoms with Gasteiger partial charge in [-0.15, -0.1) is 0 Å². The van der Waals surface area contributed by atoms with E-state index in [1.54, 1.807) is 18.2 Å². The Morgan fingerprint density at radius 2 is 1.89 bits per heavy atom. The van der Waals surface area contributed by atoms with Crippen LogP contribution in [0.15, 0.2) is 36.7 Å². The molecular weight excluding hydrogens is 490 g/mol. The lowest BCUT2D eigenvalue weighted by Crippen LogP contribution is -2.34. The van der Waals surface area contributed by atoms with Gasteiger partial charge in [0.05, 0.1) is 17.3 Å². The highest BCUT2D eigenvalue weighted by Crippen LogP contribution is 2.30. The largest absolute Gasteiger partial charge is 0.337 e. The number of aryl methyl sites for hydroxylation is 1. The Labute approximate surface area is 219 Å². The molecule has 1 fully saturated rings. The number of nitrogens with one attached hydrogen (secondary N) is 1. The van der Waals surface area contributed by atoms with Gasteiger partial charge in [-0.05, 0) is 65.6 Å². The lowest BCUT2D eigenvalue weighted by atomic mass is 10.1. The van der Waals surface area contributed by atoms with Crippen molar-refractivity contribution in [3.05, 3.63) is 59.7 Å². The number of fused-ring (bicyclic) bond motifs is 1. The summed E-state index contributed by atoms with van der Waals surface area (Å²) in [5.74, 6) is -0.146. The molecule has 0 saturated carbocycles. The van der Waals surface area contributed by atoms with Crippen molar-refractivity contribution in [1.29, 1.82) is 0 Å². The summed E-state index contributed by atoms with van der Waals surface area (Å²) in [5.41, 5.74) is 1.51. The molecule has 1 amide bonds. The number of likely N-dealkylation sites (N-methyl/N-ethyl adjacent to an activating group) is 1. The monoisotopic (exact) mass is 520 g/mol. The Kier molecular flexibility index (Phi) is 6.78. The van der Waals surface area contributed by atoms with E-state index in [2.05, 4.69) is 30.2 Å². The van der Waals surface area contributed by atoms with Crippen LogP contribution in [0.4, 0.5) is 20.5 Å². The summed E-state index contributed by atoms with van der Waals surface area (Å²) >= 11 is 0. The molecule has 38 heavy (non-hydrogen) atoms. The third-order valence-electron chi connectivity index (χ3n) is 6.89. The summed E-state index contributed by atoms with van der Waals surface area (Å²) < 4.78 is 31.6. The van der Waals surface area contributed by atoms with Crippen LogP contribution in [0.1, 0.15) is 42.5 Å². The minimum Gasteiger partial charge on any atom is -0.337 e. The van der Waals surface area contributed by atoms with Crippen LogP contribution in [0.3, 0.4) is 0 Å². The fourth-order valence-corrected chi connectivity index (χ4v) is 4.93. The molecule has 0 aliphatic carbocycles. The van der Waals surface area contributed by atoms with Crippen LogP contribution >= 0.6 is 0 Å². The lowest BCUT2D eigenvalue weighted by Gasteiger charge is -2.20. The van der Waals surface area contributed by atoms with E-state index in [0.717, 1.165) is 12.6 Å². The molecule has 0 bridgehead atoms. The van der Waals surface area contributed by atoms with E-state index in [9.17, 15) is 13.6 Å². The number of hydrogen-bond acceptors (Lipinski definition) is 7. The van der Waals surface area contributed by atoms with Gasteiger partial charge in [0.25, 0.3) is 5.91 Å². The molecule has 1 unspecified atom stereocenters. The van der Waals surface area contributed by atoms with Crippen LogP contribution in [-0.2, 0) is 0 Å². The molecule has 9 nitrogen and oxygen atoms in total. The van der Waals surface area contributed by atoms with Gasteiger partial charge in [0.1, 0.15) is 22.9 Å². The van der Waals surface area contributed by atoms with Crippen LogP contribution in [0, 0.1) is 18.6 Å². The number of carbonyl (C=O) groups excluding carboxylic acids is 1. The number of aromatic nitrogens is 5. The Morgan fingerprint density at radius 1 is 1.11 bits per heavy atom. The zero-order chi connectivity index (χ0) is 27.1. The molecule has 5 rings (SSSR count). The number of nitrogens with zero attached hydrogens (tertiary/aromatic N) is 7. The normalized spacial score (nSPS) is 15.7. The summed E-state index contributed by atoms with van der Waals surface area (Å²) in [6.07, 6.45) is 3.47. The van der Waals surface area contributed by atoms with E-state index in [4.69, 9.17) is 0 Å². The van der Waals surface area contributed by atoms with Crippen LogP contribution in [0.2, 0.25) is 0 Å². The van der Waals surface area contributed by atoms with E-state index < -0.39 is 11.6 Å². The molecule has 1 saturated heterocycles. The molecule has 4 heterocycles. The number of carbonyl (C=O) groups is 1. The van der Waals surface area contributed by atoms with Crippen molar-refractivity contribution in [3.63, 3.8) is 0 Å². The van der Waals surface area contributed by atoms with Crippen molar-refractivity contribution in [2.45, 2.75) is 39.3 Å². The van der Waals surface area contributed by atoms with Gasteiger partial charge in [0.15, 0.2) is 11.6 Å². The molecule has 198 valence electrons. The number of hydrogen-bond donors (Lipinski definition) is 1. The lowest BCUT2D eigenvalue weighted by molar-refractivity contribution is 0.0782. The number of benzene rings is 1. The standard InChI is InChI=1S/C27H30F2N8O/c1-15(2)37-16(3)32-25-20(28)10-18(11-22(25)37)24-21(29)13-31-27(34-24)33-23-7-6-17(12-30-23)26(38)36-9-8-19(14-36)35(4)5/h6-7,10-13,15,19H,8-9,14H2,1-5H3,(H,30,31,33,34). The Bertz CT molecular complexity index is 1500. The molecule has 4 aromatic rings. The average molecular weight is 521 g/mol. The molecule has 0 radical (unpaired) electrons. The third-order valence-corrected chi connectivity index (χ3v) is 6.89. The van der Waals surface area contributed by atoms with Crippen molar-refractivity contribution in [1.82, 2.24) is 34.3 Å². The second kappa shape index (κ2) is 10.1. The molecule has 1 atom stereocenters. The first-order valence-corrected chi connectivity index (χ1v) is 12.5. The Hall–Kier alpha value is -3.99. The number of rotatable bonds is 6. The molecule has 1 aliphatic rings. The zero-order valence-electron chi connectivity index (χ0n) is 22.0. The topological polar surface area (TPSA) is 92.1 Å². The first kappa shape index (κ1) is 25.7. The predicted octanol–water partition coefficient (Wildman–Crippen LogP) is 4.58. The van der Waals surface area contributed by atoms with Crippen LogP contribution in [0.25, 0.3) is 22.3 Å². The van der Waals surface area contributed by atoms with Gasteiger partial charge in [0.2, 0.25) is 5.95 Å². The highest BCUT2D eigenvalue weighted by molar-refractivity contribution is 5.94. The van der Waals surface area contributed by atoms with E-state index in [-0.39, 0.29) is 34.7 Å². The van der Waals surface area contributed by atoms with Gasteiger partial charge in [-0.3, -0.25) is 4.79 Å². The number of amides is 1. The third kappa shape index (κ3) is 4.81. The fourth-order valence-electron chi connectivity index (χ4n) is 4.93. The molecule has 1 aliphatic heterocycles. The molecule has 1 N–H and O–H groups in total. The number of anilines is 2. The SMILES string of the molecule is Cc1nc2c(F)cc(-c3nc(Nc4ccc(C(=O)N5CCC(N(C)C)C5)cn4)ncc3F)cc2n1C(C)C.